The van der Waals surface area contributed by atoms with Crippen LogP contribution >= 0.6 is 11.3 Å². The van der Waals surface area contributed by atoms with Gasteiger partial charge in [-0.05, 0) is 45.2 Å². The van der Waals surface area contributed by atoms with E-state index in [0.717, 1.165) is 19.0 Å². The van der Waals surface area contributed by atoms with Crippen molar-refractivity contribution in [3.63, 3.8) is 0 Å². The van der Waals surface area contributed by atoms with Gasteiger partial charge in [0.2, 0.25) is 0 Å². The monoisotopic (exact) mass is 293 g/mol. The molecule has 0 bridgehead atoms. The smallest absolute Gasteiger partial charge is 0.0926 e. The van der Waals surface area contributed by atoms with Gasteiger partial charge in [0.1, 0.15) is 0 Å². The Morgan fingerprint density at radius 1 is 1.15 bits per heavy atom. The second-order valence-electron chi connectivity index (χ2n) is 6.19. The van der Waals surface area contributed by atoms with Crippen LogP contribution in [0.2, 0.25) is 0 Å². The first-order chi connectivity index (χ1) is 9.85. The van der Waals surface area contributed by atoms with Crippen molar-refractivity contribution in [3.05, 3.63) is 16.1 Å². The average Bonchev–Trinajstić information content (AvgIpc) is 2.97. The molecule has 2 fully saturated rings. The molecular weight excluding hydrogens is 266 g/mol. The molecule has 3 nitrogen and oxygen atoms in total. The third-order valence-electron chi connectivity index (χ3n) is 4.75. The molecule has 2 aliphatic rings. The van der Waals surface area contributed by atoms with Crippen LogP contribution in [-0.2, 0) is 13.0 Å². The molecule has 0 aromatic carbocycles. The lowest BCUT2D eigenvalue weighted by molar-refractivity contribution is 0.0892. The molecule has 2 aliphatic heterocycles. The normalized spacial score (nSPS) is 23.2. The van der Waals surface area contributed by atoms with Crippen molar-refractivity contribution in [2.45, 2.75) is 58.0 Å². The van der Waals surface area contributed by atoms with Gasteiger partial charge in [0.25, 0.3) is 0 Å². The van der Waals surface area contributed by atoms with Gasteiger partial charge in [-0.15, -0.1) is 11.3 Å². The summed E-state index contributed by atoms with van der Waals surface area (Å²) in [5.41, 5.74) is 1.28. The molecule has 20 heavy (non-hydrogen) atoms. The molecule has 2 saturated heterocycles. The minimum absolute atomic E-state index is 0.855. The van der Waals surface area contributed by atoms with E-state index in [-0.39, 0.29) is 0 Å². The van der Waals surface area contributed by atoms with E-state index >= 15 is 0 Å². The van der Waals surface area contributed by atoms with Gasteiger partial charge in [-0.3, -0.25) is 4.90 Å². The van der Waals surface area contributed by atoms with Crippen molar-refractivity contribution in [1.29, 1.82) is 0 Å². The van der Waals surface area contributed by atoms with E-state index in [1.807, 2.05) is 11.3 Å². The number of hydrogen-bond acceptors (Lipinski definition) is 4. The predicted octanol–water partition coefficient (Wildman–Crippen LogP) is 3.16. The lowest BCUT2D eigenvalue weighted by atomic mass is 10.00. The molecule has 4 heteroatoms. The highest BCUT2D eigenvalue weighted by Crippen LogP contribution is 2.22. The molecule has 0 amide bonds. The number of nitrogens with zero attached hydrogens (tertiary/aromatic N) is 3. The average molecular weight is 293 g/mol. The van der Waals surface area contributed by atoms with Crippen molar-refractivity contribution < 1.29 is 0 Å². The van der Waals surface area contributed by atoms with E-state index in [2.05, 4.69) is 22.1 Å². The zero-order valence-corrected chi connectivity index (χ0v) is 13.5. The van der Waals surface area contributed by atoms with Gasteiger partial charge in [0.15, 0.2) is 0 Å². The van der Waals surface area contributed by atoms with E-state index in [1.165, 1.54) is 69.0 Å². The quantitative estimate of drug-likeness (QED) is 0.850. The second kappa shape index (κ2) is 7.01. The van der Waals surface area contributed by atoms with Crippen LogP contribution in [0.1, 0.15) is 49.7 Å². The Kier molecular flexibility index (Phi) is 5.08. The molecule has 0 N–H and O–H groups in total. The molecule has 0 spiro atoms. The van der Waals surface area contributed by atoms with Crippen LogP contribution < -0.4 is 0 Å². The number of rotatable bonds is 4. The van der Waals surface area contributed by atoms with Crippen LogP contribution in [0.25, 0.3) is 0 Å². The molecule has 112 valence electrons. The summed E-state index contributed by atoms with van der Waals surface area (Å²) in [6.45, 7) is 8.43. The number of piperidine rings is 2. The molecule has 0 aliphatic carbocycles. The maximum Gasteiger partial charge on any atom is 0.0926 e. The van der Waals surface area contributed by atoms with E-state index in [9.17, 15) is 0 Å². The Morgan fingerprint density at radius 3 is 2.55 bits per heavy atom. The fourth-order valence-corrected chi connectivity index (χ4v) is 4.28. The summed E-state index contributed by atoms with van der Waals surface area (Å²) >= 11 is 1.82. The molecule has 1 aromatic rings. The third-order valence-corrected chi connectivity index (χ3v) is 5.79. The van der Waals surface area contributed by atoms with Crippen molar-refractivity contribution in [1.82, 2.24) is 14.8 Å². The number of likely N-dealkylation sites (tertiary alicyclic amines) is 2. The SMILES string of the molecule is CCc1nc(CN2CCC(N3CCCCC3)CC2)cs1. The number of hydrogen-bond donors (Lipinski definition) is 0. The zero-order chi connectivity index (χ0) is 13.8. The summed E-state index contributed by atoms with van der Waals surface area (Å²) in [5.74, 6) is 0. The summed E-state index contributed by atoms with van der Waals surface area (Å²) in [7, 11) is 0. The van der Waals surface area contributed by atoms with Gasteiger partial charge in [0, 0.05) is 31.1 Å². The van der Waals surface area contributed by atoms with Crippen molar-refractivity contribution >= 4 is 11.3 Å². The first kappa shape index (κ1) is 14.5. The molecule has 0 atom stereocenters. The van der Waals surface area contributed by atoms with Gasteiger partial charge in [-0.25, -0.2) is 4.98 Å². The highest BCUT2D eigenvalue weighted by molar-refractivity contribution is 7.09. The van der Waals surface area contributed by atoms with E-state index < -0.39 is 0 Å². The Morgan fingerprint density at radius 2 is 1.90 bits per heavy atom. The fourth-order valence-electron chi connectivity index (χ4n) is 3.54. The summed E-state index contributed by atoms with van der Waals surface area (Å²) in [6.07, 6.45) is 8.05. The van der Waals surface area contributed by atoms with Crippen LogP contribution in [0.15, 0.2) is 5.38 Å². The molecule has 0 unspecified atom stereocenters. The first-order valence-corrected chi connectivity index (χ1v) is 9.13. The van der Waals surface area contributed by atoms with Gasteiger partial charge in [-0.1, -0.05) is 13.3 Å². The zero-order valence-electron chi connectivity index (χ0n) is 12.7. The van der Waals surface area contributed by atoms with Gasteiger partial charge in [0.05, 0.1) is 10.7 Å². The minimum atomic E-state index is 0.855. The summed E-state index contributed by atoms with van der Waals surface area (Å²) < 4.78 is 0. The van der Waals surface area contributed by atoms with Crippen molar-refractivity contribution in [2.75, 3.05) is 26.2 Å². The van der Waals surface area contributed by atoms with Crippen LogP contribution in [0.3, 0.4) is 0 Å². The van der Waals surface area contributed by atoms with E-state index in [1.54, 1.807) is 0 Å². The number of aromatic nitrogens is 1. The topological polar surface area (TPSA) is 19.4 Å². The molecule has 3 rings (SSSR count). The molecule has 0 saturated carbocycles. The predicted molar refractivity (Wildman–Crippen MR) is 85.2 cm³/mol. The Labute approximate surface area is 127 Å². The van der Waals surface area contributed by atoms with E-state index in [0.29, 0.717) is 0 Å². The molecule has 3 heterocycles. The number of aryl methyl sites for hydroxylation is 1. The van der Waals surface area contributed by atoms with Crippen LogP contribution in [0, 0.1) is 0 Å². The van der Waals surface area contributed by atoms with Gasteiger partial charge < -0.3 is 4.90 Å². The lowest BCUT2D eigenvalue weighted by Crippen LogP contribution is -2.46. The van der Waals surface area contributed by atoms with Crippen LogP contribution in [0.4, 0.5) is 0 Å². The van der Waals surface area contributed by atoms with Gasteiger partial charge >= 0.3 is 0 Å². The highest BCUT2D eigenvalue weighted by Gasteiger charge is 2.25. The summed E-state index contributed by atoms with van der Waals surface area (Å²) in [5, 5.41) is 3.53. The number of thiazole rings is 1. The molecular formula is C16H27N3S. The fraction of sp³-hybridized carbons (Fsp3) is 0.812. The van der Waals surface area contributed by atoms with Crippen LogP contribution in [-0.4, -0.2) is 47.0 Å². The largest absolute Gasteiger partial charge is 0.300 e. The second-order valence-corrected chi connectivity index (χ2v) is 7.13. The van der Waals surface area contributed by atoms with Crippen molar-refractivity contribution in [3.8, 4) is 0 Å². The summed E-state index contributed by atoms with van der Waals surface area (Å²) in [6, 6.07) is 0.855. The van der Waals surface area contributed by atoms with E-state index in [4.69, 9.17) is 4.98 Å². The van der Waals surface area contributed by atoms with Crippen molar-refractivity contribution in [2.24, 2.45) is 0 Å². The highest BCUT2D eigenvalue weighted by atomic mass is 32.1. The Balaban J connectivity index is 1.45. The maximum atomic E-state index is 4.70. The maximum absolute atomic E-state index is 4.70. The van der Waals surface area contributed by atoms with Crippen LogP contribution in [0.5, 0.6) is 0 Å². The standard InChI is InChI=1S/C16H27N3S/c1-2-16-17-14(13-20-16)12-18-10-6-15(7-11-18)19-8-4-3-5-9-19/h13,15H,2-12H2,1H3. The lowest BCUT2D eigenvalue weighted by Gasteiger charge is -2.40. The minimum Gasteiger partial charge on any atom is -0.300 e. The third kappa shape index (κ3) is 3.60. The Hall–Kier alpha value is -0.450. The van der Waals surface area contributed by atoms with Gasteiger partial charge in [-0.2, -0.15) is 0 Å². The summed E-state index contributed by atoms with van der Waals surface area (Å²) in [4.78, 5) is 10.0. The Bertz CT molecular complexity index is 404. The first-order valence-electron chi connectivity index (χ1n) is 8.25. The molecule has 0 radical (unpaired) electrons. The molecule has 1 aromatic heterocycles.